The molecule has 0 aliphatic carbocycles. The summed E-state index contributed by atoms with van der Waals surface area (Å²) in [6, 6.07) is 15.3. The fraction of sp³-hybridized carbons (Fsp3) is 0.227. The van der Waals surface area contributed by atoms with Crippen LogP contribution in [0.4, 0.5) is 5.69 Å². The zero-order valence-electron chi connectivity index (χ0n) is 15.9. The number of anilines is 1. The largest absolute Gasteiger partial charge is 0.494 e. The first-order valence-corrected chi connectivity index (χ1v) is 9.42. The molecule has 1 fully saturated rings. The summed E-state index contributed by atoms with van der Waals surface area (Å²) >= 11 is 0. The molecule has 2 amide bonds. The van der Waals surface area contributed by atoms with Gasteiger partial charge in [-0.2, -0.15) is 0 Å². The van der Waals surface area contributed by atoms with Crippen LogP contribution in [0.15, 0.2) is 63.8 Å². The van der Waals surface area contributed by atoms with Crippen molar-refractivity contribution < 1.29 is 18.7 Å². The van der Waals surface area contributed by atoms with Gasteiger partial charge in [0.15, 0.2) is 0 Å². The standard InChI is InChI=1S/C22H20N2O5/c1-2-28-17-9-7-16(8-10-17)24-13-15(12-20(24)25)23-21(26)18-11-14-5-3-4-6-19(14)29-22(18)27/h3-11,15H,2,12-13H2,1H3,(H,23,26). The maximum atomic E-state index is 12.6. The molecule has 29 heavy (non-hydrogen) atoms. The highest BCUT2D eigenvalue weighted by Crippen LogP contribution is 2.24. The summed E-state index contributed by atoms with van der Waals surface area (Å²) < 4.78 is 10.6. The van der Waals surface area contributed by atoms with Gasteiger partial charge in [0.2, 0.25) is 5.91 Å². The lowest BCUT2D eigenvalue weighted by Crippen LogP contribution is -2.39. The van der Waals surface area contributed by atoms with Crippen molar-refractivity contribution in [3.05, 3.63) is 70.6 Å². The number of ether oxygens (including phenoxy) is 1. The van der Waals surface area contributed by atoms with Gasteiger partial charge < -0.3 is 19.4 Å². The minimum Gasteiger partial charge on any atom is -0.494 e. The lowest BCUT2D eigenvalue weighted by Gasteiger charge is -2.17. The van der Waals surface area contributed by atoms with Crippen molar-refractivity contribution in [2.75, 3.05) is 18.1 Å². The van der Waals surface area contributed by atoms with Gasteiger partial charge in [0, 0.05) is 24.0 Å². The number of benzene rings is 2. The fourth-order valence-electron chi connectivity index (χ4n) is 3.43. The zero-order chi connectivity index (χ0) is 20.4. The van der Waals surface area contributed by atoms with Crippen molar-refractivity contribution in [2.45, 2.75) is 19.4 Å². The number of para-hydroxylation sites is 1. The monoisotopic (exact) mass is 392 g/mol. The smallest absolute Gasteiger partial charge is 0.349 e. The van der Waals surface area contributed by atoms with E-state index in [4.69, 9.17) is 9.15 Å². The highest BCUT2D eigenvalue weighted by molar-refractivity contribution is 5.99. The van der Waals surface area contributed by atoms with Crippen LogP contribution < -0.4 is 20.6 Å². The molecule has 0 saturated carbocycles. The van der Waals surface area contributed by atoms with Crippen LogP contribution in [0.25, 0.3) is 11.0 Å². The minimum absolute atomic E-state index is 0.0735. The molecule has 1 N–H and O–H groups in total. The molecule has 2 heterocycles. The number of nitrogens with one attached hydrogen (secondary N) is 1. The van der Waals surface area contributed by atoms with E-state index in [9.17, 15) is 14.4 Å². The van der Waals surface area contributed by atoms with E-state index >= 15 is 0 Å². The number of rotatable bonds is 5. The molecule has 7 heteroatoms. The average molecular weight is 392 g/mol. The van der Waals surface area contributed by atoms with Crippen LogP contribution in [0.3, 0.4) is 0 Å². The normalized spacial score (nSPS) is 16.2. The van der Waals surface area contributed by atoms with Crippen LogP contribution in [-0.4, -0.2) is 31.0 Å². The Morgan fingerprint density at radius 1 is 1.17 bits per heavy atom. The first kappa shape index (κ1) is 18.7. The molecular formula is C22H20N2O5. The number of carbonyl (C=O) groups excluding carboxylic acids is 2. The molecule has 0 spiro atoms. The molecule has 148 valence electrons. The zero-order valence-corrected chi connectivity index (χ0v) is 15.9. The number of fused-ring (bicyclic) bond motifs is 1. The highest BCUT2D eigenvalue weighted by Gasteiger charge is 2.32. The molecule has 0 bridgehead atoms. The highest BCUT2D eigenvalue weighted by atomic mass is 16.5. The summed E-state index contributed by atoms with van der Waals surface area (Å²) in [6.07, 6.45) is 0.165. The Kier molecular flexibility index (Phi) is 5.03. The maximum absolute atomic E-state index is 12.6. The van der Waals surface area contributed by atoms with Crippen molar-refractivity contribution in [3.8, 4) is 5.75 Å². The number of hydrogen-bond acceptors (Lipinski definition) is 5. The Hall–Kier alpha value is -3.61. The second-order valence-corrected chi connectivity index (χ2v) is 6.79. The van der Waals surface area contributed by atoms with Gasteiger partial charge in [0.05, 0.1) is 12.6 Å². The van der Waals surface area contributed by atoms with Gasteiger partial charge in [0.1, 0.15) is 16.9 Å². The van der Waals surface area contributed by atoms with E-state index in [0.29, 0.717) is 24.1 Å². The van der Waals surface area contributed by atoms with Gasteiger partial charge >= 0.3 is 5.63 Å². The predicted molar refractivity (Wildman–Crippen MR) is 108 cm³/mol. The first-order chi connectivity index (χ1) is 14.0. The van der Waals surface area contributed by atoms with E-state index in [0.717, 1.165) is 11.4 Å². The molecule has 1 unspecified atom stereocenters. The van der Waals surface area contributed by atoms with Crippen molar-refractivity contribution in [3.63, 3.8) is 0 Å². The van der Waals surface area contributed by atoms with Crippen LogP contribution in [0.1, 0.15) is 23.7 Å². The third-order valence-electron chi connectivity index (χ3n) is 4.81. The number of nitrogens with zero attached hydrogens (tertiary/aromatic N) is 1. The molecule has 4 rings (SSSR count). The number of carbonyl (C=O) groups is 2. The summed E-state index contributed by atoms with van der Waals surface area (Å²) in [5.74, 6) is 0.0941. The Bertz CT molecular complexity index is 1120. The third-order valence-corrected chi connectivity index (χ3v) is 4.81. The average Bonchev–Trinajstić information content (AvgIpc) is 3.08. The van der Waals surface area contributed by atoms with E-state index in [2.05, 4.69) is 5.32 Å². The van der Waals surface area contributed by atoms with Crippen LogP contribution in [0.5, 0.6) is 5.75 Å². The molecule has 7 nitrogen and oxygen atoms in total. The van der Waals surface area contributed by atoms with E-state index < -0.39 is 17.6 Å². The Balaban J connectivity index is 1.48. The molecule has 1 aromatic heterocycles. The summed E-state index contributed by atoms with van der Waals surface area (Å²) in [6.45, 7) is 2.80. The quantitative estimate of drug-likeness (QED) is 0.675. The topological polar surface area (TPSA) is 88.8 Å². The van der Waals surface area contributed by atoms with Crippen molar-refractivity contribution >= 4 is 28.5 Å². The summed E-state index contributed by atoms with van der Waals surface area (Å²) in [4.78, 5) is 38.8. The Labute approximate surface area is 166 Å². The molecule has 1 aliphatic heterocycles. The summed E-state index contributed by atoms with van der Waals surface area (Å²) in [5.41, 5.74) is 0.386. The predicted octanol–water partition coefficient (Wildman–Crippen LogP) is 2.73. The third kappa shape index (κ3) is 3.85. The maximum Gasteiger partial charge on any atom is 0.349 e. The van der Waals surface area contributed by atoms with Gasteiger partial charge in [-0.25, -0.2) is 4.79 Å². The van der Waals surface area contributed by atoms with E-state index in [1.165, 1.54) is 6.07 Å². The number of hydrogen-bond donors (Lipinski definition) is 1. The lowest BCUT2D eigenvalue weighted by molar-refractivity contribution is -0.117. The first-order valence-electron chi connectivity index (χ1n) is 9.42. The van der Waals surface area contributed by atoms with Crippen LogP contribution in [0.2, 0.25) is 0 Å². The Morgan fingerprint density at radius 2 is 1.93 bits per heavy atom. The van der Waals surface area contributed by atoms with Crippen molar-refractivity contribution in [2.24, 2.45) is 0 Å². The Morgan fingerprint density at radius 3 is 2.69 bits per heavy atom. The van der Waals surface area contributed by atoms with E-state index in [-0.39, 0.29) is 17.9 Å². The SMILES string of the molecule is CCOc1ccc(N2CC(NC(=O)c3cc4ccccc4oc3=O)CC2=O)cc1. The van der Waals surface area contributed by atoms with Crippen molar-refractivity contribution in [1.29, 1.82) is 0 Å². The second-order valence-electron chi connectivity index (χ2n) is 6.79. The molecule has 0 radical (unpaired) electrons. The minimum atomic E-state index is -0.700. The van der Waals surface area contributed by atoms with E-state index in [1.807, 2.05) is 19.1 Å². The summed E-state index contributed by atoms with van der Waals surface area (Å²) in [5, 5.41) is 3.44. The van der Waals surface area contributed by atoms with Crippen molar-refractivity contribution in [1.82, 2.24) is 5.32 Å². The fourth-order valence-corrected chi connectivity index (χ4v) is 3.43. The second kappa shape index (κ2) is 7.79. The molecular weight excluding hydrogens is 372 g/mol. The van der Waals surface area contributed by atoms with Crippen LogP contribution in [0, 0.1) is 0 Å². The molecule has 1 saturated heterocycles. The molecule has 1 aliphatic rings. The van der Waals surface area contributed by atoms with Gasteiger partial charge in [-0.05, 0) is 43.3 Å². The lowest BCUT2D eigenvalue weighted by atomic mass is 10.1. The van der Waals surface area contributed by atoms with Crippen LogP contribution >= 0.6 is 0 Å². The van der Waals surface area contributed by atoms with Crippen LogP contribution in [-0.2, 0) is 4.79 Å². The number of amides is 2. The van der Waals surface area contributed by atoms with Gasteiger partial charge in [-0.3, -0.25) is 9.59 Å². The van der Waals surface area contributed by atoms with Gasteiger partial charge in [-0.15, -0.1) is 0 Å². The molecule has 1 atom stereocenters. The summed E-state index contributed by atoms with van der Waals surface area (Å²) in [7, 11) is 0. The van der Waals surface area contributed by atoms with Gasteiger partial charge in [0.25, 0.3) is 5.91 Å². The molecule has 3 aromatic rings. The van der Waals surface area contributed by atoms with Gasteiger partial charge in [-0.1, -0.05) is 18.2 Å². The molecule has 2 aromatic carbocycles. The van der Waals surface area contributed by atoms with E-state index in [1.54, 1.807) is 41.3 Å².